The van der Waals surface area contributed by atoms with Crippen LogP contribution in [0.3, 0.4) is 0 Å². The van der Waals surface area contributed by atoms with Crippen LogP contribution in [0.15, 0.2) is 48.5 Å². The van der Waals surface area contributed by atoms with Gasteiger partial charge in [0.1, 0.15) is 18.1 Å². The molecule has 3 aliphatic rings. The Bertz CT molecular complexity index is 1010. The summed E-state index contributed by atoms with van der Waals surface area (Å²) in [5, 5.41) is 9.21. The van der Waals surface area contributed by atoms with E-state index in [4.69, 9.17) is 4.74 Å². The van der Waals surface area contributed by atoms with Gasteiger partial charge in [-0.25, -0.2) is 0 Å². The van der Waals surface area contributed by atoms with Gasteiger partial charge in [0.2, 0.25) is 0 Å². The van der Waals surface area contributed by atoms with E-state index in [2.05, 4.69) is 37.3 Å². The Labute approximate surface area is 190 Å². The van der Waals surface area contributed by atoms with Crippen LogP contribution in [0.25, 0.3) is 0 Å². The van der Waals surface area contributed by atoms with E-state index >= 15 is 0 Å². The van der Waals surface area contributed by atoms with Crippen LogP contribution in [0.1, 0.15) is 68.1 Å². The molecule has 1 N–H and O–H groups in total. The highest BCUT2D eigenvalue weighted by Gasteiger charge is 2.58. The summed E-state index contributed by atoms with van der Waals surface area (Å²) in [7, 11) is 0. The first-order valence-corrected chi connectivity index (χ1v) is 12.0. The molecular weight excluding hydrogens is 400 g/mol. The van der Waals surface area contributed by atoms with E-state index in [0.717, 1.165) is 37.0 Å². The predicted octanol–water partition coefficient (Wildman–Crippen LogP) is 5.78. The lowest BCUT2D eigenvalue weighted by molar-refractivity contribution is -0.137. The van der Waals surface area contributed by atoms with Crippen molar-refractivity contribution in [3.05, 3.63) is 65.2 Å². The molecule has 5 rings (SSSR count). The maximum absolute atomic E-state index is 13.0. The summed E-state index contributed by atoms with van der Waals surface area (Å²) in [6.45, 7) is 2.73. The standard InChI is InChI=1S/C28H32O4/c1-28-14-13-23-22-11-9-21(32-17-18-5-3-2-4-6-18)15-19(22)7-10-24(23)27(28)20(16-25(28)29)8-12-26(30)31/h2-6,9,11,15,20,23-24,27H,7-8,10,12-14,16-17H2,1H3,(H,30,31). The SMILES string of the molecule is CC12CCC3c4ccc(OCc5ccccc5)cc4CCC3C1C(CCC(=O)O)CC2=O. The first-order chi connectivity index (χ1) is 15.5. The lowest BCUT2D eigenvalue weighted by Crippen LogP contribution is -2.44. The molecule has 32 heavy (non-hydrogen) atoms. The molecule has 0 radical (unpaired) electrons. The van der Waals surface area contributed by atoms with Crippen molar-refractivity contribution in [2.75, 3.05) is 0 Å². The van der Waals surface area contributed by atoms with Crippen molar-refractivity contribution in [1.82, 2.24) is 0 Å². The first kappa shape index (κ1) is 21.2. The minimum absolute atomic E-state index is 0.167. The van der Waals surface area contributed by atoms with Gasteiger partial charge in [0.15, 0.2) is 0 Å². The third-order valence-corrected chi connectivity index (χ3v) is 8.52. The molecule has 2 aromatic rings. The molecule has 0 aliphatic heterocycles. The molecule has 0 bridgehead atoms. The Morgan fingerprint density at radius 2 is 1.97 bits per heavy atom. The largest absolute Gasteiger partial charge is 0.489 e. The summed E-state index contributed by atoms with van der Waals surface area (Å²) in [5.74, 6) is 2.01. The van der Waals surface area contributed by atoms with Gasteiger partial charge in [0, 0.05) is 18.3 Å². The number of benzene rings is 2. The lowest BCUT2D eigenvalue weighted by atomic mass is 9.54. The molecular formula is C28H32O4. The van der Waals surface area contributed by atoms with E-state index in [0.29, 0.717) is 43.0 Å². The van der Waals surface area contributed by atoms with Crippen molar-refractivity contribution in [2.45, 2.75) is 64.4 Å². The van der Waals surface area contributed by atoms with E-state index in [1.807, 2.05) is 18.2 Å². The van der Waals surface area contributed by atoms with Gasteiger partial charge in [0.25, 0.3) is 0 Å². The Morgan fingerprint density at radius 3 is 2.75 bits per heavy atom. The van der Waals surface area contributed by atoms with Gasteiger partial charge < -0.3 is 9.84 Å². The summed E-state index contributed by atoms with van der Waals surface area (Å²) in [4.78, 5) is 24.2. The van der Waals surface area contributed by atoms with E-state index in [9.17, 15) is 14.7 Å². The van der Waals surface area contributed by atoms with E-state index in [-0.39, 0.29) is 17.8 Å². The minimum Gasteiger partial charge on any atom is -0.489 e. The minimum atomic E-state index is -0.754. The van der Waals surface area contributed by atoms with Crippen LogP contribution in [-0.4, -0.2) is 16.9 Å². The number of Topliss-reactive ketones (excluding diaryl/α,β-unsaturated/α-hetero) is 1. The zero-order chi connectivity index (χ0) is 22.3. The fourth-order valence-electron chi connectivity index (χ4n) is 7.02. The van der Waals surface area contributed by atoms with Gasteiger partial charge >= 0.3 is 5.97 Å². The van der Waals surface area contributed by atoms with E-state index < -0.39 is 5.97 Å². The predicted molar refractivity (Wildman–Crippen MR) is 123 cm³/mol. The van der Waals surface area contributed by atoms with Gasteiger partial charge in [0.05, 0.1) is 0 Å². The molecule has 0 amide bonds. The van der Waals surface area contributed by atoms with Crippen molar-refractivity contribution in [3.63, 3.8) is 0 Å². The summed E-state index contributed by atoms with van der Waals surface area (Å²) in [5.41, 5.74) is 3.70. The number of aryl methyl sites for hydroxylation is 1. The van der Waals surface area contributed by atoms with Gasteiger partial charge in [-0.15, -0.1) is 0 Å². The molecule has 5 unspecified atom stereocenters. The van der Waals surface area contributed by atoms with Gasteiger partial charge in [-0.3, -0.25) is 9.59 Å². The van der Waals surface area contributed by atoms with E-state index in [1.54, 1.807) is 0 Å². The molecule has 0 saturated heterocycles. The smallest absolute Gasteiger partial charge is 0.303 e. The fourth-order valence-corrected chi connectivity index (χ4v) is 7.02. The number of carbonyl (C=O) groups excluding carboxylic acids is 1. The van der Waals surface area contributed by atoms with Crippen molar-refractivity contribution in [3.8, 4) is 5.75 Å². The van der Waals surface area contributed by atoms with Gasteiger partial charge in [-0.2, -0.15) is 0 Å². The number of carboxylic acid groups (broad SMARTS) is 1. The third-order valence-electron chi connectivity index (χ3n) is 8.52. The Hall–Kier alpha value is -2.62. The van der Waals surface area contributed by atoms with Crippen molar-refractivity contribution >= 4 is 11.8 Å². The Balaban J connectivity index is 1.35. The maximum atomic E-state index is 13.0. The normalized spacial score (nSPS) is 30.8. The molecule has 4 nitrogen and oxygen atoms in total. The van der Waals surface area contributed by atoms with Crippen molar-refractivity contribution in [1.29, 1.82) is 0 Å². The maximum Gasteiger partial charge on any atom is 0.303 e. The van der Waals surface area contributed by atoms with Crippen LogP contribution < -0.4 is 4.74 Å². The van der Waals surface area contributed by atoms with Crippen LogP contribution >= 0.6 is 0 Å². The molecule has 0 heterocycles. The summed E-state index contributed by atoms with van der Waals surface area (Å²) in [6, 6.07) is 16.8. The molecule has 2 aromatic carbocycles. The Kier molecular flexibility index (Phi) is 5.56. The molecule has 4 heteroatoms. The Morgan fingerprint density at radius 1 is 1.16 bits per heavy atom. The van der Waals surface area contributed by atoms with Crippen LogP contribution in [0.4, 0.5) is 0 Å². The second-order valence-corrected chi connectivity index (χ2v) is 10.2. The summed E-state index contributed by atoms with van der Waals surface area (Å²) < 4.78 is 6.06. The average Bonchev–Trinajstić information content (AvgIpc) is 3.06. The quantitative estimate of drug-likeness (QED) is 0.628. The first-order valence-electron chi connectivity index (χ1n) is 12.0. The van der Waals surface area contributed by atoms with Crippen molar-refractivity contribution in [2.24, 2.45) is 23.2 Å². The number of carboxylic acids is 1. The number of ketones is 1. The van der Waals surface area contributed by atoms with Crippen LogP contribution in [0.2, 0.25) is 0 Å². The molecule has 0 aromatic heterocycles. The number of rotatable bonds is 6. The number of hydrogen-bond donors (Lipinski definition) is 1. The lowest BCUT2D eigenvalue weighted by Gasteiger charge is -2.50. The highest BCUT2D eigenvalue weighted by molar-refractivity contribution is 5.87. The van der Waals surface area contributed by atoms with Gasteiger partial charge in [-0.05, 0) is 84.6 Å². The number of ether oxygens (including phenoxy) is 1. The second kappa shape index (κ2) is 8.38. The molecule has 2 fully saturated rings. The van der Waals surface area contributed by atoms with Crippen LogP contribution in [-0.2, 0) is 22.6 Å². The van der Waals surface area contributed by atoms with Crippen molar-refractivity contribution < 1.29 is 19.4 Å². The molecule has 0 spiro atoms. The topological polar surface area (TPSA) is 63.6 Å². The second-order valence-electron chi connectivity index (χ2n) is 10.2. The van der Waals surface area contributed by atoms with E-state index in [1.165, 1.54) is 11.1 Å². The molecule has 168 valence electrons. The zero-order valence-corrected chi connectivity index (χ0v) is 18.8. The van der Waals surface area contributed by atoms with Crippen LogP contribution in [0, 0.1) is 23.2 Å². The molecule has 5 atom stereocenters. The summed E-state index contributed by atoms with van der Waals surface area (Å²) in [6.07, 6.45) is 5.42. The highest BCUT2D eigenvalue weighted by atomic mass is 16.5. The summed E-state index contributed by atoms with van der Waals surface area (Å²) >= 11 is 0. The number of hydrogen-bond acceptors (Lipinski definition) is 3. The van der Waals surface area contributed by atoms with Crippen LogP contribution in [0.5, 0.6) is 5.75 Å². The number of carbonyl (C=O) groups is 2. The number of aliphatic carboxylic acids is 1. The fraction of sp³-hybridized carbons (Fsp3) is 0.500. The average molecular weight is 433 g/mol. The third kappa shape index (κ3) is 3.74. The highest BCUT2D eigenvalue weighted by Crippen LogP contribution is 2.62. The van der Waals surface area contributed by atoms with Gasteiger partial charge in [-0.1, -0.05) is 43.3 Å². The number of fused-ring (bicyclic) bond motifs is 5. The molecule has 3 aliphatic carbocycles. The molecule has 2 saturated carbocycles. The zero-order valence-electron chi connectivity index (χ0n) is 18.8. The monoisotopic (exact) mass is 432 g/mol.